The maximum Gasteiger partial charge on any atom is 0.246 e. The number of benzene rings is 1. The molecule has 2 atom stereocenters. The Bertz CT molecular complexity index is 678. The zero-order chi connectivity index (χ0) is 22.5. The zero-order valence-electron chi connectivity index (χ0n) is 18.1. The van der Waals surface area contributed by atoms with Gasteiger partial charge in [-0.15, -0.1) is 0 Å². The predicted molar refractivity (Wildman–Crippen MR) is 113 cm³/mol. The van der Waals surface area contributed by atoms with Crippen LogP contribution in [0.1, 0.15) is 32.8 Å². The van der Waals surface area contributed by atoms with Gasteiger partial charge in [-0.25, -0.2) is 0 Å². The molecule has 0 aliphatic heterocycles. The van der Waals surface area contributed by atoms with Crippen LogP contribution >= 0.6 is 0 Å². The van der Waals surface area contributed by atoms with Gasteiger partial charge in [-0.1, -0.05) is 26.0 Å². The van der Waals surface area contributed by atoms with Crippen molar-refractivity contribution in [3.63, 3.8) is 0 Å². The largest absolute Gasteiger partial charge is 0.392 e. The summed E-state index contributed by atoms with van der Waals surface area (Å²) in [4.78, 5) is 37.1. The minimum atomic E-state index is -0.800. The number of carbonyl (C=O) groups is 3. The van der Waals surface area contributed by atoms with Crippen LogP contribution in [0.3, 0.4) is 0 Å². The summed E-state index contributed by atoms with van der Waals surface area (Å²) in [6.07, 6.45) is 0.125. The third-order valence-electron chi connectivity index (χ3n) is 4.33. The first-order valence-corrected chi connectivity index (χ1v) is 9.95. The highest BCUT2D eigenvalue weighted by Gasteiger charge is 2.26. The van der Waals surface area contributed by atoms with Crippen LogP contribution < -0.4 is 16.0 Å². The third-order valence-corrected chi connectivity index (χ3v) is 4.33. The van der Waals surface area contributed by atoms with Crippen molar-refractivity contribution in [3.8, 4) is 0 Å². The topological polar surface area (TPSA) is 126 Å². The van der Waals surface area contributed by atoms with Gasteiger partial charge in [0.25, 0.3) is 0 Å². The quantitative estimate of drug-likeness (QED) is 0.348. The summed E-state index contributed by atoms with van der Waals surface area (Å²) in [5.74, 6) is -1.29. The maximum atomic E-state index is 12.6. The maximum absolute atomic E-state index is 12.6. The van der Waals surface area contributed by atoms with Crippen LogP contribution in [-0.4, -0.2) is 61.8 Å². The van der Waals surface area contributed by atoms with Gasteiger partial charge in [-0.2, -0.15) is 0 Å². The Balaban J connectivity index is 2.53. The number of rotatable bonds is 13. The van der Waals surface area contributed by atoms with Gasteiger partial charge >= 0.3 is 0 Å². The van der Waals surface area contributed by atoms with E-state index >= 15 is 0 Å². The Kier molecular flexibility index (Phi) is 11.7. The molecule has 2 unspecified atom stereocenters. The van der Waals surface area contributed by atoms with Crippen LogP contribution in [0.4, 0.5) is 5.69 Å². The van der Waals surface area contributed by atoms with E-state index in [4.69, 9.17) is 14.6 Å². The first-order chi connectivity index (χ1) is 14.3. The molecule has 0 saturated carbocycles. The second-order valence-electron chi connectivity index (χ2n) is 7.22. The average Bonchev–Trinajstić information content (AvgIpc) is 2.72. The van der Waals surface area contributed by atoms with Gasteiger partial charge in [0.05, 0.1) is 26.4 Å². The number of aliphatic hydroxyl groups is 1. The van der Waals surface area contributed by atoms with Gasteiger partial charge in [-0.05, 0) is 30.5 Å². The Morgan fingerprint density at radius 1 is 0.967 bits per heavy atom. The van der Waals surface area contributed by atoms with E-state index in [9.17, 15) is 14.4 Å². The van der Waals surface area contributed by atoms with Gasteiger partial charge in [0.15, 0.2) is 0 Å². The highest BCUT2D eigenvalue weighted by atomic mass is 16.5. The molecule has 1 aromatic rings. The lowest BCUT2D eigenvalue weighted by Gasteiger charge is -2.24. The van der Waals surface area contributed by atoms with Crippen molar-refractivity contribution in [1.29, 1.82) is 0 Å². The molecule has 0 heterocycles. The monoisotopic (exact) mass is 423 g/mol. The molecule has 0 radical (unpaired) electrons. The lowest BCUT2D eigenvalue weighted by molar-refractivity contribution is -0.132. The van der Waals surface area contributed by atoms with Crippen molar-refractivity contribution in [3.05, 3.63) is 29.8 Å². The molecule has 0 fully saturated rings. The van der Waals surface area contributed by atoms with E-state index in [1.54, 1.807) is 38.3 Å². The number of amides is 3. The summed E-state index contributed by atoms with van der Waals surface area (Å²) in [5.41, 5.74) is 1.29. The second-order valence-corrected chi connectivity index (χ2v) is 7.22. The van der Waals surface area contributed by atoms with Gasteiger partial charge in [0.1, 0.15) is 12.1 Å². The van der Waals surface area contributed by atoms with Crippen molar-refractivity contribution in [2.24, 2.45) is 5.92 Å². The SMILES string of the molecule is COCCOCCC(=O)NC(C(=O)NC(C)C(=O)Nc1ccc(CO)cc1)C(C)C. The van der Waals surface area contributed by atoms with E-state index < -0.39 is 18.0 Å². The highest BCUT2D eigenvalue weighted by Crippen LogP contribution is 2.10. The molecule has 0 saturated heterocycles. The molecule has 0 spiro atoms. The number of carbonyl (C=O) groups excluding carboxylic acids is 3. The van der Waals surface area contributed by atoms with Crippen molar-refractivity contribution in [2.75, 3.05) is 32.2 Å². The summed E-state index contributed by atoms with van der Waals surface area (Å²) >= 11 is 0. The fraction of sp³-hybridized carbons (Fsp3) is 0.571. The minimum Gasteiger partial charge on any atom is -0.392 e. The second kappa shape index (κ2) is 13.7. The Hall–Kier alpha value is -2.49. The fourth-order valence-electron chi connectivity index (χ4n) is 2.50. The number of aliphatic hydroxyl groups excluding tert-OH is 1. The van der Waals surface area contributed by atoms with Crippen molar-refractivity contribution >= 4 is 23.4 Å². The number of methoxy groups -OCH3 is 1. The molecule has 30 heavy (non-hydrogen) atoms. The van der Waals surface area contributed by atoms with Crippen molar-refractivity contribution < 1.29 is 29.0 Å². The van der Waals surface area contributed by atoms with E-state index in [2.05, 4.69) is 16.0 Å². The van der Waals surface area contributed by atoms with Crippen molar-refractivity contribution in [1.82, 2.24) is 10.6 Å². The smallest absolute Gasteiger partial charge is 0.246 e. The molecular formula is C21H33N3O6. The molecule has 0 aromatic heterocycles. The van der Waals surface area contributed by atoms with E-state index in [0.717, 1.165) is 5.56 Å². The van der Waals surface area contributed by atoms with E-state index in [1.807, 2.05) is 13.8 Å². The van der Waals surface area contributed by atoms with Crippen LogP contribution in [-0.2, 0) is 30.5 Å². The van der Waals surface area contributed by atoms with E-state index in [-0.39, 0.29) is 37.4 Å². The van der Waals surface area contributed by atoms with Gasteiger partial charge in [-0.3, -0.25) is 14.4 Å². The minimum absolute atomic E-state index is 0.0811. The summed E-state index contributed by atoms with van der Waals surface area (Å²) in [6, 6.07) is 5.17. The van der Waals surface area contributed by atoms with Crippen LogP contribution in [0.25, 0.3) is 0 Å². The van der Waals surface area contributed by atoms with E-state index in [0.29, 0.717) is 18.9 Å². The number of hydrogen-bond acceptors (Lipinski definition) is 6. The standard InChI is InChI=1S/C21H33N3O6/c1-14(2)19(24-18(26)9-10-30-12-11-29-4)21(28)22-15(3)20(27)23-17-7-5-16(13-25)6-8-17/h5-8,14-15,19,25H,9-13H2,1-4H3,(H,22,28)(H,23,27)(H,24,26). The molecule has 9 nitrogen and oxygen atoms in total. The molecule has 0 bridgehead atoms. The third kappa shape index (κ3) is 9.34. The van der Waals surface area contributed by atoms with Crippen molar-refractivity contribution in [2.45, 2.75) is 45.9 Å². The number of hydrogen-bond donors (Lipinski definition) is 4. The van der Waals surface area contributed by atoms with E-state index in [1.165, 1.54) is 0 Å². The average molecular weight is 424 g/mol. The molecule has 3 amide bonds. The molecule has 1 aromatic carbocycles. The lowest BCUT2D eigenvalue weighted by Crippen LogP contribution is -2.53. The van der Waals surface area contributed by atoms with Gasteiger partial charge < -0.3 is 30.5 Å². The molecule has 0 aliphatic carbocycles. The molecular weight excluding hydrogens is 390 g/mol. The van der Waals surface area contributed by atoms with Crippen LogP contribution in [0, 0.1) is 5.92 Å². The van der Waals surface area contributed by atoms with Crippen LogP contribution in [0.5, 0.6) is 0 Å². The first-order valence-electron chi connectivity index (χ1n) is 9.95. The van der Waals surface area contributed by atoms with Gasteiger partial charge in [0.2, 0.25) is 17.7 Å². The highest BCUT2D eigenvalue weighted by molar-refractivity contribution is 5.98. The number of nitrogens with one attached hydrogen (secondary N) is 3. The molecule has 1 rings (SSSR count). The number of anilines is 1. The first kappa shape index (κ1) is 25.5. The summed E-state index contributed by atoms with van der Waals surface area (Å²) in [6.45, 7) is 6.19. The molecule has 168 valence electrons. The number of ether oxygens (including phenoxy) is 2. The Morgan fingerprint density at radius 3 is 2.20 bits per heavy atom. The predicted octanol–water partition coefficient (Wildman–Crippen LogP) is 0.816. The molecule has 4 N–H and O–H groups in total. The van der Waals surface area contributed by atoms with Crippen LogP contribution in [0.15, 0.2) is 24.3 Å². The van der Waals surface area contributed by atoms with Gasteiger partial charge in [0, 0.05) is 19.2 Å². The molecule has 0 aliphatic rings. The summed E-state index contributed by atoms with van der Waals surface area (Å²) < 4.78 is 10.1. The molecule has 9 heteroatoms. The fourth-order valence-corrected chi connectivity index (χ4v) is 2.50. The Morgan fingerprint density at radius 2 is 1.63 bits per heavy atom. The lowest BCUT2D eigenvalue weighted by atomic mass is 10.0. The normalized spacial score (nSPS) is 12.9. The summed E-state index contributed by atoms with van der Waals surface area (Å²) in [7, 11) is 1.57. The zero-order valence-corrected chi connectivity index (χ0v) is 18.1. The Labute approximate surface area is 177 Å². The van der Waals surface area contributed by atoms with Crippen LogP contribution in [0.2, 0.25) is 0 Å². The summed E-state index contributed by atoms with van der Waals surface area (Å²) in [5, 5.41) is 17.1.